The highest BCUT2D eigenvalue weighted by molar-refractivity contribution is 7.07. The van der Waals surface area contributed by atoms with E-state index in [-0.39, 0.29) is 0 Å². The third-order valence-electron chi connectivity index (χ3n) is 4.73. The summed E-state index contributed by atoms with van der Waals surface area (Å²) in [6.07, 6.45) is 5.76. The Bertz CT molecular complexity index is 1160. The molecule has 0 saturated carbocycles. The van der Waals surface area contributed by atoms with Crippen molar-refractivity contribution >= 4 is 17.6 Å². The van der Waals surface area contributed by atoms with E-state index in [1.165, 1.54) is 11.1 Å². The lowest BCUT2D eigenvalue weighted by Crippen LogP contribution is -2.13. The van der Waals surface area contributed by atoms with Crippen molar-refractivity contribution in [3.8, 4) is 22.4 Å². The molecule has 2 heterocycles. The average Bonchev–Trinajstić information content (AvgIpc) is 3.22. The number of rotatable bonds is 7. The van der Waals surface area contributed by atoms with Crippen LogP contribution >= 0.6 is 11.3 Å². The summed E-state index contributed by atoms with van der Waals surface area (Å²) in [5.74, 6) is 0. The summed E-state index contributed by atoms with van der Waals surface area (Å²) < 4.78 is 1.92. The topological polar surface area (TPSA) is 42.5 Å². The molecule has 0 amide bonds. The van der Waals surface area contributed by atoms with Crippen LogP contribution in [0.1, 0.15) is 25.5 Å². The number of hydrogen-bond donors (Lipinski definition) is 0. The number of benzene rings is 2. The minimum atomic E-state index is 0.808. The molecule has 5 heteroatoms. The predicted molar refractivity (Wildman–Crippen MR) is 126 cm³/mol. The van der Waals surface area contributed by atoms with E-state index in [0.717, 1.165) is 41.1 Å². The van der Waals surface area contributed by atoms with Crippen molar-refractivity contribution in [2.45, 2.75) is 19.8 Å². The van der Waals surface area contributed by atoms with E-state index in [9.17, 15) is 0 Å². The third-order valence-corrected chi connectivity index (χ3v) is 5.58. The van der Waals surface area contributed by atoms with Crippen LogP contribution in [0.5, 0.6) is 0 Å². The van der Waals surface area contributed by atoms with Gasteiger partial charge in [0.1, 0.15) is 0 Å². The average molecular weight is 413 g/mol. The van der Waals surface area contributed by atoms with Crippen LogP contribution in [0.3, 0.4) is 0 Å². The van der Waals surface area contributed by atoms with Crippen LogP contribution in [0.2, 0.25) is 0 Å². The van der Waals surface area contributed by atoms with Crippen molar-refractivity contribution in [3.63, 3.8) is 0 Å². The van der Waals surface area contributed by atoms with Gasteiger partial charge in [-0.3, -0.25) is 9.98 Å². The second-order valence-corrected chi connectivity index (χ2v) is 7.73. The molecule has 2 aromatic heterocycles. The van der Waals surface area contributed by atoms with Gasteiger partial charge in [0.2, 0.25) is 4.80 Å². The molecular weight excluding hydrogens is 388 g/mol. The van der Waals surface area contributed by atoms with Crippen molar-refractivity contribution in [2.24, 2.45) is 10.1 Å². The summed E-state index contributed by atoms with van der Waals surface area (Å²) in [7, 11) is 0. The molecular formula is C25H24N4S. The largest absolute Gasteiger partial charge is 0.257 e. The van der Waals surface area contributed by atoms with Crippen LogP contribution in [0.4, 0.5) is 0 Å². The Morgan fingerprint density at radius 3 is 2.37 bits per heavy atom. The van der Waals surface area contributed by atoms with Crippen molar-refractivity contribution in [2.75, 3.05) is 6.54 Å². The minimum absolute atomic E-state index is 0.808. The Kier molecular flexibility index (Phi) is 6.62. The van der Waals surface area contributed by atoms with Crippen LogP contribution in [0.15, 0.2) is 94.5 Å². The van der Waals surface area contributed by atoms with E-state index in [1.807, 2.05) is 28.9 Å². The summed E-state index contributed by atoms with van der Waals surface area (Å²) in [6, 6.07) is 24.8. The zero-order valence-electron chi connectivity index (χ0n) is 17.0. The minimum Gasteiger partial charge on any atom is -0.257 e. The Hall–Kier alpha value is -3.31. The van der Waals surface area contributed by atoms with Gasteiger partial charge in [0.15, 0.2) is 0 Å². The van der Waals surface area contributed by atoms with Gasteiger partial charge >= 0.3 is 0 Å². The molecule has 0 aliphatic heterocycles. The van der Waals surface area contributed by atoms with E-state index < -0.39 is 0 Å². The molecule has 150 valence electrons. The molecule has 0 unspecified atom stereocenters. The van der Waals surface area contributed by atoms with Crippen LogP contribution in [0.25, 0.3) is 22.4 Å². The zero-order chi connectivity index (χ0) is 20.6. The molecule has 4 nitrogen and oxygen atoms in total. The number of pyridine rings is 1. The van der Waals surface area contributed by atoms with Crippen molar-refractivity contribution in [3.05, 3.63) is 94.9 Å². The Labute approximate surface area is 180 Å². The van der Waals surface area contributed by atoms with E-state index >= 15 is 0 Å². The maximum atomic E-state index is 4.77. The first-order valence-electron chi connectivity index (χ1n) is 10.2. The molecule has 0 spiro atoms. The normalized spacial score (nSPS) is 12.0. The van der Waals surface area contributed by atoms with Gasteiger partial charge in [-0.2, -0.15) is 5.10 Å². The molecule has 0 radical (unpaired) electrons. The predicted octanol–water partition coefficient (Wildman–Crippen LogP) is 5.86. The molecule has 4 aromatic rings. The molecule has 0 bridgehead atoms. The summed E-state index contributed by atoms with van der Waals surface area (Å²) in [5.41, 5.74) is 5.38. The summed E-state index contributed by atoms with van der Waals surface area (Å²) in [4.78, 5) is 10.0. The maximum Gasteiger partial charge on any atom is 0.206 e. The standard InChI is InChI=1S/C25H24N4S/c1-2-3-16-27-25-29(28-18-23-11-7-8-17-26-23)24(19-30-25)22-14-12-21(13-15-22)20-9-5-4-6-10-20/h4-15,17-19H,2-3,16H2,1H3. The molecule has 4 rings (SSSR count). The zero-order valence-corrected chi connectivity index (χ0v) is 17.8. The molecule has 0 saturated heterocycles. The second kappa shape index (κ2) is 9.94. The molecule has 0 fully saturated rings. The number of aromatic nitrogens is 2. The van der Waals surface area contributed by atoms with Crippen LogP contribution < -0.4 is 4.80 Å². The van der Waals surface area contributed by atoms with Gasteiger partial charge in [-0.15, -0.1) is 11.3 Å². The number of hydrogen-bond acceptors (Lipinski definition) is 4. The van der Waals surface area contributed by atoms with Gasteiger partial charge in [0, 0.05) is 23.7 Å². The molecule has 30 heavy (non-hydrogen) atoms. The van der Waals surface area contributed by atoms with Gasteiger partial charge in [-0.25, -0.2) is 4.68 Å². The fraction of sp³-hybridized carbons (Fsp3) is 0.160. The highest BCUT2D eigenvalue weighted by atomic mass is 32.1. The highest BCUT2D eigenvalue weighted by Gasteiger charge is 2.08. The Morgan fingerprint density at radius 1 is 0.900 bits per heavy atom. The highest BCUT2D eigenvalue weighted by Crippen LogP contribution is 2.25. The molecule has 0 aliphatic carbocycles. The van der Waals surface area contributed by atoms with Crippen LogP contribution in [-0.2, 0) is 0 Å². The lowest BCUT2D eigenvalue weighted by atomic mass is 10.0. The molecule has 2 aromatic carbocycles. The van der Waals surface area contributed by atoms with Gasteiger partial charge in [0.25, 0.3) is 0 Å². The molecule has 0 atom stereocenters. The van der Waals surface area contributed by atoms with Gasteiger partial charge in [-0.05, 0) is 29.7 Å². The maximum absolute atomic E-state index is 4.77. The Balaban J connectivity index is 1.70. The Morgan fingerprint density at radius 2 is 1.63 bits per heavy atom. The summed E-state index contributed by atoms with van der Waals surface area (Å²) in [5, 5.41) is 6.84. The van der Waals surface area contributed by atoms with Crippen molar-refractivity contribution < 1.29 is 0 Å². The van der Waals surface area contributed by atoms with Gasteiger partial charge < -0.3 is 0 Å². The van der Waals surface area contributed by atoms with E-state index in [2.05, 4.69) is 65.8 Å². The monoisotopic (exact) mass is 412 g/mol. The SMILES string of the molecule is CCCCN=c1scc(-c2ccc(-c3ccccc3)cc2)n1N=Cc1ccccn1. The van der Waals surface area contributed by atoms with Crippen molar-refractivity contribution in [1.82, 2.24) is 9.66 Å². The van der Waals surface area contributed by atoms with E-state index in [0.29, 0.717) is 0 Å². The number of unbranched alkanes of at least 4 members (excludes halogenated alkanes) is 1. The van der Waals surface area contributed by atoms with Gasteiger partial charge in [-0.1, -0.05) is 74.0 Å². The lowest BCUT2D eigenvalue weighted by Gasteiger charge is -2.06. The van der Waals surface area contributed by atoms with Crippen molar-refractivity contribution in [1.29, 1.82) is 0 Å². The first-order chi connectivity index (χ1) is 14.8. The fourth-order valence-electron chi connectivity index (χ4n) is 3.08. The van der Waals surface area contributed by atoms with Gasteiger partial charge in [0.05, 0.1) is 17.6 Å². The first-order valence-corrected chi connectivity index (χ1v) is 11.1. The summed E-state index contributed by atoms with van der Waals surface area (Å²) in [6.45, 7) is 2.99. The van der Waals surface area contributed by atoms with Crippen LogP contribution in [0, 0.1) is 0 Å². The fourth-order valence-corrected chi connectivity index (χ4v) is 3.95. The summed E-state index contributed by atoms with van der Waals surface area (Å²) >= 11 is 1.62. The van der Waals surface area contributed by atoms with E-state index in [1.54, 1.807) is 23.7 Å². The first kappa shape index (κ1) is 20.0. The molecule has 0 aliphatic rings. The quantitative estimate of drug-likeness (QED) is 0.277. The number of thiazole rings is 1. The lowest BCUT2D eigenvalue weighted by molar-refractivity contribution is 0.764. The van der Waals surface area contributed by atoms with E-state index in [4.69, 9.17) is 10.1 Å². The smallest absolute Gasteiger partial charge is 0.206 e. The third kappa shape index (κ3) is 4.81. The molecule has 0 N–H and O–H groups in total. The number of nitrogens with zero attached hydrogens (tertiary/aromatic N) is 4. The van der Waals surface area contributed by atoms with Crippen LogP contribution in [-0.4, -0.2) is 22.4 Å². The second-order valence-electron chi connectivity index (χ2n) is 6.89.